The van der Waals surface area contributed by atoms with E-state index >= 15 is 0 Å². The molecule has 8 heteroatoms. The van der Waals surface area contributed by atoms with Gasteiger partial charge in [0, 0.05) is 11.7 Å². The Hall–Kier alpha value is -1.93. The minimum absolute atomic E-state index is 0.0222. The van der Waals surface area contributed by atoms with Crippen LogP contribution >= 0.6 is 23.1 Å². The maximum absolute atomic E-state index is 12.4. The Morgan fingerprint density at radius 2 is 2.15 bits per heavy atom. The molecule has 0 aliphatic heterocycles. The highest BCUT2D eigenvalue weighted by Crippen LogP contribution is 2.38. The topological polar surface area (TPSA) is 80.9 Å². The molecular formula is C19H22N4O2S2. The summed E-state index contributed by atoms with van der Waals surface area (Å²) in [6.07, 6.45) is 2.25. The molecule has 1 amide bonds. The standard InChI is InChI=1S/C19H22N4O2S2/c1-11(2)17(19-22-18(23-25-19)12-7-8-12)21-15(24)9-26-10-16-20-13-5-3-4-6-14(13)27-16/h3-6,11-12,17H,7-10H2,1-2H3,(H,21,24). The minimum atomic E-state index is -0.249. The highest BCUT2D eigenvalue weighted by atomic mass is 32.2. The molecule has 2 heterocycles. The molecule has 1 saturated carbocycles. The summed E-state index contributed by atoms with van der Waals surface area (Å²) in [6.45, 7) is 4.08. The summed E-state index contributed by atoms with van der Waals surface area (Å²) >= 11 is 3.25. The van der Waals surface area contributed by atoms with Gasteiger partial charge in [0.15, 0.2) is 5.82 Å². The van der Waals surface area contributed by atoms with Crippen LogP contribution in [-0.2, 0) is 10.5 Å². The van der Waals surface area contributed by atoms with Crippen LogP contribution in [-0.4, -0.2) is 26.8 Å². The van der Waals surface area contributed by atoms with E-state index in [-0.39, 0.29) is 17.9 Å². The van der Waals surface area contributed by atoms with Gasteiger partial charge < -0.3 is 9.84 Å². The fraction of sp³-hybridized carbons (Fsp3) is 0.474. The lowest BCUT2D eigenvalue weighted by Crippen LogP contribution is -2.33. The van der Waals surface area contributed by atoms with Crippen LogP contribution in [0.1, 0.15) is 55.4 Å². The Morgan fingerprint density at radius 1 is 1.33 bits per heavy atom. The highest BCUT2D eigenvalue weighted by Gasteiger charge is 2.31. The molecule has 1 aromatic carbocycles. The van der Waals surface area contributed by atoms with Gasteiger partial charge in [0.2, 0.25) is 11.8 Å². The van der Waals surface area contributed by atoms with E-state index in [2.05, 4.69) is 26.5 Å². The summed E-state index contributed by atoms with van der Waals surface area (Å²) in [7, 11) is 0. The van der Waals surface area contributed by atoms with Gasteiger partial charge in [-0.15, -0.1) is 23.1 Å². The second-order valence-electron chi connectivity index (χ2n) is 7.12. The van der Waals surface area contributed by atoms with Crippen LogP contribution in [0.25, 0.3) is 10.2 Å². The number of para-hydroxylation sites is 1. The molecule has 0 spiro atoms. The smallest absolute Gasteiger partial charge is 0.249 e. The minimum Gasteiger partial charge on any atom is -0.343 e. The van der Waals surface area contributed by atoms with E-state index in [1.54, 1.807) is 23.1 Å². The molecule has 2 aromatic heterocycles. The lowest BCUT2D eigenvalue weighted by Gasteiger charge is -2.18. The number of nitrogens with zero attached hydrogens (tertiary/aromatic N) is 3. The van der Waals surface area contributed by atoms with Crippen LogP contribution in [0.15, 0.2) is 28.8 Å². The van der Waals surface area contributed by atoms with Crippen LogP contribution < -0.4 is 5.32 Å². The molecule has 3 aromatic rings. The Labute approximate surface area is 166 Å². The lowest BCUT2D eigenvalue weighted by molar-refractivity contribution is -0.119. The predicted octanol–water partition coefficient (Wildman–Crippen LogP) is 4.30. The monoisotopic (exact) mass is 402 g/mol. The van der Waals surface area contributed by atoms with E-state index in [1.807, 2.05) is 32.0 Å². The normalized spacial score (nSPS) is 15.4. The predicted molar refractivity (Wildman–Crippen MR) is 108 cm³/mol. The molecule has 6 nitrogen and oxygen atoms in total. The Morgan fingerprint density at radius 3 is 2.89 bits per heavy atom. The number of thiazole rings is 1. The van der Waals surface area contributed by atoms with Gasteiger partial charge in [0.05, 0.1) is 16.0 Å². The first kappa shape index (κ1) is 18.4. The van der Waals surface area contributed by atoms with E-state index in [0.29, 0.717) is 17.6 Å². The molecule has 27 heavy (non-hydrogen) atoms. The number of nitrogens with one attached hydrogen (secondary N) is 1. The number of carbonyl (C=O) groups excluding carboxylic acids is 1. The maximum Gasteiger partial charge on any atom is 0.249 e. The number of carbonyl (C=O) groups is 1. The summed E-state index contributed by atoms with van der Waals surface area (Å²) in [5.74, 6) is 2.98. The summed E-state index contributed by atoms with van der Waals surface area (Å²) in [5, 5.41) is 8.15. The third kappa shape index (κ3) is 4.50. The van der Waals surface area contributed by atoms with Crippen molar-refractivity contribution in [1.29, 1.82) is 0 Å². The van der Waals surface area contributed by atoms with Gasteiger partial charge in [-0.1, -0.05) is 31.1 Å². The first-order valence-corrected chi connectivity index (χ1v) is 11.1. The molecule has 1 fully saturated rings. The molecule has 1 aliphatic rings. The quantitative estimate of drug-likeness (QED) is 0.605. The van der Waals surface area contributed by atoms with Crippen LogP contribution in [0, 0.1) is 5.92 Å². The largest absolute Gasteiger partial charge is 0.343 e. The summed E-state index contributed by atoms with van der Waals surface area (Å²) in [5.41, 5.74) is 1.02. The fourth-order valence-electron chi connectivity index (χ4n) is 2.82. The van der Waals surface area contributed by atoms with Crippen molar-refractivity contribution in [2.24, 2.45) is 5.92 Å². The number of benzene rings is 1. The molecular weight excluding hydrogens is 380 g/mol. The summed E-state index contributed by atoms with van der Waals surface area (Å²) in [4.78, 5) is 21.5. The van der Waals surface area contributed by atoms with Gasteiger partial charge in [-0.25, -0.2) is 4.98 Å². The zero-order valence-electron chi connectivity index (χ0n) is 15.3. The number of rotatable bonds is 8. The van der Waals surface area contributed by atoms with E-state index in [9.17, 15) is 4.79 Å². The molecule has 1 aliphatic carbocycles. The van der Waals surface area contributed by atoms with Crippen molar-refractivity contribution < 1.29 is 9.32 Å². The SMILES string of the molecule is CC(C)C(NC(=O)CSCc1nc2ccccc2s1)c1nc(C2CC2)no1. The molecule has 1 unspecified atom stereocenters. The van der Waals surface area contributed by atoms with Crippen LogP contribution in [0.3, 0.4) is 0 Å². The average molecular weight is 403 g/mol. The Bertz CT molecular complexity index is 900. The molecule has 0 saturated heterocycles. The zero-order chi connectivity index (χ0) is 18.8. The summed E-state index contributed by atoms with van der Waals surface area (Å²) in [6, 6.07) is 7.84. The van der Waals surface area contributed by atoms with Gasteiger partial charge >= 0.3 is 0 Å². The van der Waals surface area contributed by atoms with E-state index < -0.39 is 0 Å². The van der Waals surface area contributed by atoms with Gasteiger partial charge in [-0.2, -0.15) is 4.98 Å². The molecule has 1 atom stereocenters. The Kier molecular flexibility index (Phi) is 5.45. The van der Waals surface area contributed by atoms with Crippen molar-refractivity contribution in [1.82, 2.24) is 20.4 Å². The van der Waals surface area contributed by atoms with Crippen molar-refractivity contribution >= 4 is 39.2 Å². The van der Waals surface area contributed by atoms with Gasteiger partial charge in [0.25, 0.3) is 0 Å². The third-order valence-electron chi connectivity index (χ3n) is 4.45. The fourth-order valence-corrected chi connectivity index (χ4v) is 4.68. The van der Waals surface area contributed by atoms with Crippen molar-refractivity contribution in [3.8, 4) is 0 Å². The molecule has 1 N–H and O–H groups in total. The number of amides is 1. The van der Waals surface area contributed by atoms with Crippen molar-refractivity contribution in [3.63, 3.8) is 0 Å². The van der Waals surface area contributed by atoms with Crippen LogP contribution in [0.5, 0.6) is 0 Å². The van der Waals surface area contributed by atoms with Gasteiger partial charge in [-0.05, 0) is 30.9 Å². The number of hydrogen-bond acceptors (Lipinski definition) is 7. The molecule has 0 radical (unpaired) electrons. The number of thioether (sulfide) groups is 1. The molecule has 4 rings (SSSR count). The van der Waals surface area contributed by atoms with Gasteiger partial charge in [-0.3, -0.25) is 4.79 Å². The molecule has 0 bridgehead atoms. The molecule has 142 valence electrons. The van der Waals surface area contributed by atoms with Crippen LogP contribution in [0.4, 0.5) is 0 Å². The Balaban J connectivity index is 1.31. The van der Waals surface area contributed by atoms with Gasteiger partial charge in [0.1, 0.15) is 11.0 Å². The number of aromatic nitrogens is 3. The zero-order valence-corrected chi connectivity index (χ0v) is 17.0. The maximum atomic E-state index is 12.4. The first-order chi connectivity index (χ1) is 13.1. The summed E-state index contributed by atoms with van der Waals surface area (Å²) < 4.78 is 6.59. The van der Waals surface area contributed by atoms with E-state index in [0.717, 1.165) is 34.9 Å². The van der Waals surface area contributed by atoms with Crippen molar-refractivity contribution in [2.75, 3.05) is 5.75 Å². The van der Waals surface area contributed by atoms with E-state index in [1.165, 1.54) is 4.70 Å². The van der Waals surface area contributed by atoms with Crippen LogP contribution in [0.2, 0.25) is 0 Å². The average Bonchev–Trinajstić information content (AvgIpc) is 3.23. The highest BCUT2D eigenvalue weighted by molar-refractivity contribution is 7.99. The van der Waals surface area contributed by atoms with Crippen molar-refractivity contribution in [2.45, 2.75) is 44.4 Å². The number of hydrogen-bond donors (Lipinski definition) is 1. The number of fused-ring (bicyclic) bond motifs is 1. The van der Waals surface area contributed by atoms with E-state index in [4.69, 9.17) is 4.52 Å². The van der Waals surface area contributed by atoms with Crippen molar-refractivity contribution in [3.05, 3.63) is 41.0 Å². The second-order valence-corrected chi connectivity index (χ2v) is 9.22. The first-order valence-electron chi connectivity index (χ1n) is 9.15. The lowest BCUT2D eigenvalue weighted by atomic mass is 10.0. The second kappa shape index (κ2) is 7.98. The third-order valence-corrected chi connectivity index (χ3v) is 6.61.